The van der Waals surface area contributed by atoms with Gasteiger partial charge in [0.2, 0.25) is 6.79 Å². The van der Waals surface area contributed by atoms with Gasteiger partial charge in [0.1, 0.15) is 18.2 Å². The Morgan fingerprint density at radius 3 is 2.87 bits per heavy atom. The first-order valence-corrected chi connectivity index (χ1v) is 7.27. The van der Waals surface area contributed by atoms with Crippen molar-refractivity contribution in [1.29, 1.82) is 0 Å². The quantitative estimate of drug-likeness (QED) is 0.852. The molecule has 0 saturated heterocycles. The van der Waals surface area contributed by atoms with Crippen LogP contribution >= 0.6 is 11.6 Å². The molecule has 1 N–H and O–H groups in total. The lowest BCUT2D eigenvalue weighted by molar-refractivity contribution is 0.0946. The van der Waals surface area contributed by atoms with Crippen molar-refractivity contribution in [2.75, 3.05) is 19.9 Å². The summed E-state index contributed by atoms with van der Waals surface area (Å²) in [6, 6.07) is 8.83. The van der Waals surface area contributed by atoms with E-state index in [0.717, 1.165) is 0 Å². The minimum Gasteiger partial charge on any atom is -0.490 e. The molecular formula is C16H13ClFNO4. The summed E-state index contributed by atoms with van der Waals surface area (Å²) in [5, 5.41) is 2.90. The fourth-order valence-electron chi connectivity index (χ4n) is 2.06. The molecule has 1 aliphatic rings. The van der Waals surface area contributed by atoms with Gasteiger partial charge < -0.3 is 19.5 Å². The average molecular weight is 338 g/mol. The van der Waals surface area contributed by atoms with Crippen LogP contribution in [0.15, 0.2) is 36.4 Å². The highest BCUT2D eigenvalue weighted by Crippen LogP contribution is 2.32. The number of carbonyl (C=O) groups excluding carboxylic acids is 1. The fourth-order valence-corrected chi connectivity index (χ4v) is 2.28. The van der Waals surface area contributed by atoms with Crippen molar-refractivity contribution < 1.29 is 23.4 Å². The molecule has 0 bridgehead atoms. The maximum atomic E-state index is 12.9. The zero-order chi connectivity index (χ0) is 16.2. The molecule has 23 heavy (non-hydrogen) atoms. The maximum absolute atomic E-state index is 12.9. The molecule has 2 aromatic rings. The number of rotatable bonds is 5. The molecule has 0 radical (unpaired) electrons. The van der Waals surface area contributed by atoms with Crippen molar-refractivity contribution in [1.82, 2.24) is 5.32 Å². The van der Waals surface area contributed by atoms with Crippen molar-refractivity contribution in [2.24, 2.45) is 0 Å². The standard InChI is InChI=1S/C16H13ClFNO4/c17-12-8-11(18)2-4-13(12)21-6-5-19-16(20)10-1-3-14-15(7-10)23-9-22-14/h1-4,7-8H,5-6,9H2,(H,19,20). The number of hydrogen-bond acceptors (Lipinski definition) is 4. The van der Waals surface area contributed by atoms with E-state index in [0.29, 0.717) is 22.8 Å². The first kappa shape index (κ1) is 15.4. The molecule has 0 spiro atoms. The lowest BCUT2D eigenvalue weighted by Crippen LogP contribution is -2.28. The summed E-state index contributed by atoms with van der Waals surface area (Å²) in [5.74, 6) is 0.851. The summed E-state index contributed by atoms with van der Waals surface area (Å²) in [5.41, 5.74) is 0.467. The lowest BCUT2D eigenvalue weighted by Gasteiger charge is -2.09. The predicted octanol–water partition coefficient (Wildman–Crippen LogP) is 3.02. The van der Waals surface area contributed by atoms with Gasteiger partial charge in [-0.2, -0.15) is 0 Å². The molecule has 1 heterocycles. The van der Waals surface area contributed by atoms with E-state index in [1.165, 1.54) is 18.2 Å². The molecule has 7 heteroatoms. The Morgan fingerprint density at radius 1 is 1.22 bits per heavy atom. The number of nitrogens with one attached hydrogen (secondary N) is 1. The van der Waals surface area contributed by atoms with Crippen LogP contribution in [-0.4, -0.2) is 25.9 Å². The third-order valence-electron chi connectivity index (χ3n) is 3.17. The largest absolute Gasteiger partial charge is 0.490 e. The molecule has 0 fully saturated rings. The van der Waals surface area contributed by atoms with Crippen molar-refractivity contribution in [3.8, 4) is 17.2 Å². The number of fused-ring (bicyclic) bond motifs is 1. The van der Waals surface area contributed by atoms with Crippen molar-refractivity contribution in [2.45, 2.75) is 0 Å². The summed E-state index contributed by atoms with van der Waals surface area (Å²) in [6.07, 6.45) is 0. The van der Waals surface area contributed by atoms with Crippen LogP contribution in [0.3, 0.4) is 0 Å². The van der Waals surface area contributed by atoms with Crippen LogP contribution in [0.2, 0.25) is 5.02 Å². The Kier molecular flexibility index (Phi) is 4.52. The van der Waals surface area contributed by atoms with Crippen LogP contribution in [0, 0.1) is 5.82 Å². The number of halogens is 2. The Hall–Kier alpha value is -2.47. The Bertz CT molecular complexity index is 738. The van der Waals surface area contributed by atoms with Gasteiger partial charge in [0.05, 0.1) is 11.6 Å². The van der Waals surface area contributed by atoms with Gasteiger partial charge in [-0.1, -0.05) is 11.6 Å². The van der Waals surface area contributed by atoms with E-state index in [2.05, 4.69) is 5.32 Å². The van der Waals surface area contributed by atoms with Gasteiger partial charge in [0.15, 0.2) is 11.5 Å². The molecule has 0 saturated carbocycles. The van der Waals surface area contributed by atoms with Crippen LogP contribution in [0.4, 0.5) is 4.39 Å². The average Bonchev–Trinajstić information content (AvgIpc) is 3.00. The highest BCUT2D eigenvalue weighted by molar-refractivity contribution is 6.32. The van der Waals surface area contributed by atoms with Crippen LogP contribution in [0.5, 0.6) is 17.2 Å². The van der Waals surface area contributed by atoms with Crippen LogP contribution < -0.4 is 19.5 Å². The molecule has 120 valence electrons. The predicted molar refractivity (Wildman–Crippen MR) is 81.8 cm³/mol. The van der Waals surface area contributed by atoms with Gasteiger partial charge in [-0.15, -0.1) is 0 Å². The molecule has 1 amide bonds. The van der Waals surface area contributed by atoms with E-state index in [1.807, 2.05) is 0 Å². The van der Waals surface area contributed by atoms with Gasteiger partial charge in [0.25, 0.3) is 5.91 Å². The van der Waals surface area contributed by atoms with Crippen LogP contribution in [0.1, 0.15) is 10.4 Å². The molecule has 0 unspecified atom stereocenters. The first-order chi connectivity index (χ1) is 11.1. The van der Waals surface area contributed by atoms with Crippen molar-refractivity contribution in [3.63, 3.8) is 0 Å². The first-order valence-electron chi connectivity index (χ1n) is 6.89. The third-order valence-corrected chi connectivity index (χ3v) is 3.47. The molecular weight excluding hydrogens is 325 g/mol. The third kappa shape index (κ3) is 3.65. The van der Waals surface area contributed by atoms with E-state index in [4.69, 9.17) is 25.8 Å². The normalized spacial score (nSPS) is 12.1. The number of amides is 1. The second kappa shape index (κ2) is 6.75. The minimum atomic E-state index is -0.432. The zero-order valence-corrected chi connectivity index (χ0v) is 12.7. The Labute approximate surface area is 136 Å². The van der Waals surface area contributed by atoms with E-state index in [-0.39, 0.29) is 30.9 Å². The highest BCUT2D eigenvalue weighted by Gasteiger charge is 2.16. The monoisotopic (exact) mass is 337 g/mol. The van der Waals surface area contributed by atoms with Crippen molar-refractivity contribution in [3.05, 3.63) is 52.8 Å². The van der Waals surface area contributed by atoms with E-state index >= 15 is 0 Å². The maximum Gasteiger partial charge on any atom is 0.251 e. The smallest absolute Gasteiger partial charge is 0.251 e. The molecule has 0 aromatic heterocycles. The number of ether oxygens (including phenoxy) is 3. The SMILES string of the molecule is O=C(NCCOc1ccc(F)cc1Cl)c1ccc2c(c1)OCO2. The fraction of sp³-hybridized carbons (Fsp3) is 0.188. The van der Waals surface area contributed by atoms with Gasteiger partial charge in [-0.25, -0.2) is 4.39 Å². The van der Waals surface area contributed by atoms with Crippen molar-refractivity contribution >= 4 is 17.5 Å². The van der Waals surface area contributed by atoms with Gasteiger partial charge in [-0.05, 0) is 36.4 Å². The van der Waals surface area contributed by atoms with E-state index < -0.39 is 5.82 Å². The van der Waals surface area contributed by atoms with E-state index in [1.54, 1.807) is 18.2 Å². The van der Waals surface area contributed by atoms with Crippen LogP contribution in [-0.2, 0) is 0 Å². The zero-order valence-electron chi connectivity index (χ0n) is 12.0. The summed E-state index contributed by atoms with van der Waals surface area (Å²) in [7, 11) is 0. The lowest BCUT2D eigenvalue weighted by atomic mass is 10.2. The number of benzene rings is 2. The van der Waals surface area contributed by atoms with Gasteiger partial charge >= 0.3 is 0 Å². The highest BCUT2D eigenvalue weighted by atomic mass is 35.5. The van der Waals surface area contributed by atoms with E-state index in [9.17, 15) is 9.18 Å². The molecule has 0 atom stereocenters. The summed E-state index contributed by atoms with van der Waals surface area (Å²) in [6.45, 7) is 0.648. The molecule has 3 rings (SSSR count). The minimum absolute atomic E-state index is 0.159. The molecule has 2 aromatic carbocycles. The summed E-state index contributed by atoms with van der Waals surface area (Å²) in [4.78, 5) is 12.0. The topological polar surface area (TPSA) is 56.8 Å². The number of carbonyl (C=O) groups is 1. The Morgan fingerprint density at radius 2 is 2.04 bits per heavy atom. The number of hydrogen-bond donors (Lipinski definition) is 1. The Balaban J connectivity index is 1.49. The summed E-state index contributed by atoms with van der Waals surface area (Å²) < 4.78 is 28.7. The summed E-state index contributed by atoms with van der Waals surface area (Å²) >= 11 is 5.84. The second-order valence-electron chi connectivity index (χ2n) is 4.75. The van der Waals surface area contributed by atoms with Gasteiger partial charge in [-0.3, -0.25) is 4.79 Å². The molecule has 5 nitrogen and oxygen atoms in total. The van der Waals surface area contributed by atoms with Gasteiger partial charge in [0, 0.05) is 5.56 Å². The molecule has 1 aliphatic heterocycles. The molecule has 0 aliphatic carbocycles. The second-order valence-corrected chi connectivity index (χ2v) is 5.15. The van der Waals surface area contributed by atoms with Crippen LogP contribution in [0.25, 0.3) is 0 Å².